The Bertz CT molecular complexity index is 1000. The minimum Gasteiger partial charge on any atom is -0.464 e. The molecule has 27 heavy (non-hydrogen) atoms. The molecule has 0 aliphatic heterocycles. The van der Waals surface area contributed by atoms with Gasteiger partial charge in [-0.2, -0.15) is 0 Å². The molecule has 2 unspecified atom stereocenters. The van der Waals surface area contributed by atoms with Crippen LogP contribution in [0.4, 0.5) is 0 Å². The van der Waals surface area contributed by atoms with Crippen LogP contribution in [0.1, 0.15) is 45.7 Å². The molecular weight excluding hydrogens is 382 g/mol. The van der Waals surface area contributed by atoms with Crippen LogP contribution in [-0.4, -0.2) is 26.7 Å². The van der Waals surface area contributed by atoms with Gasteiger partial charge in [0.1, 0.15) is 16.4 Å². The number of aromatic nitrogens is 2. The lowest BCUT2D eigenvalue weighted by Gasteiger charge is -2.24. The number of nitrogens with one attached hydrogen (secondary N) is 2. The molecule has 0 radical (unpaired) electrons. The van der Waals surface area contributed by atoms with E-state index in [0.717, 1.165) is 5.56 Å². The van der Waals surface area contributed by atoms with Crippen LogP contribution in [0.15, 0.2) is 33.0 Å². The molecule has 3 aromatic rings. The smallest absolute Gasteiger partial charge is 0.260 e. The van der Waals surface area contributed by atoms with Crippen molar-refractivity contribution in [2.24, 2.45) is 0 Å². The van der Waals surface area contributed by atoms with E-state index in [1.54, 1.807) is 12.3 Å². The Morgan fingerprint density at radius 1 is 1.37 bits per heavy atom. The summed E-state index contributed by atoms with van der Waals surface area (Å²) in [5.74, 6) is 1.19. The summed E-state index contributed by atoms with van der Waals surface area (Å²) in [6, 6.07) is 3.61. The van der Waals surface area contributed by atoms with Gasteiger partial charge in [0, 0.05) is 16.5 Å². The first kappa shape index (κ1) is 19.7. The molecule has 2 atom stereocenters. The van der Waals surface area contributed by atoms with Crippen LogP contribution in [0.5, 0.6) is 0 Å². The number of thioether (sulfide) groups is 1. The van der Waals surface area contributed by atoms with E-state index in [-0.39, 0.29) is 27.5 Å². The molecule has 144 valence electrons. The minimum absolute atomic E-state index is 0.0287. The van der Waals surface area contributed by atoms with Crippen molar-refractivity contribution in [3.8, 4) is 11.3 Å². The molecule has 0 spiro atoms. The molecule has 8 heteroatoms. The van der Waals surface area contributed by atoms with Crippen LogP contribution in [0.3, 0.4) is 0 Å². The van der Waals surface area contributed by atoms with Gasteiger partial charge >= 0.3 is 0 Å². The van der Waals surface area contributed by atoms with Crippen molar-refractivity contribution in [2.75, 3.05) is 0 Å². The van der Waals surface area contributed by atoms with Gasteiger partial charge in [0.15, 0.2) is 0 Å². The van der Waals surface area contributed by atoms with E-state index in [9.17, 15) is 9.59 Å². The molecule has 3 rings (SSSR count). The van der Waals surface area contributed by atoms with Crippen LogP contribution in [-0.2, 0) is 4.79 Å². The maximum atomic E-state index is 12.7. The Morgan fingerprint density at radius 2 is 2.11 bits per heavy atom. The van der Waals surface area contributed by atoms with Gasteiger partial charge in [-0.1, -0.05) is 0 Å². The van der Waals surface area contributed by atoms with Crippen molar-refractivity contribution >= 4 is 39.2 Å². The fourth-order valence-corrected chi connectivity index (χ4v) is 4.65. The number of hydrogen-bond donors (Lipinski definition) is 2. The van der Waals surface area contributed by atoms with E-state index in [1.165, 1.54) is 23.1 Å². The van der Waals surface area contributed by atoms with Crippen molar-refractivity contribution in [1.29, 1.82) is 0 Å². The standard InChI is InChI=1S/C19H23N3O3S2/c1-10(27-11(2)16(23)22-19(3,4)5)15-20-17(24)14-12(9-26-18(14)21-15)13-7-6-8-25-13/h6-11H,1-5H3,(H,22,23)(H,20,21,24). The molecule has 3 heterocycles. The molecule has 6 nitrogen and oxygen atoms in total. The monoisotopic (exact) mass is 405 g/mol. The summed E-state index contributed by atoms with van der Waals surface area (Å²) in [6.07, 6.45) is 1.58. The van der Waals surface area contributed by atoms with Crippen LogP contribution >= 0.6 is 23.1 Å². The average molecular weight is 406 g/mol. The lowest BCUT2D eigenvalue weighted by atomic mass is 10.1. The number of furan rings is 1. The number of amides is 1. The van der Waals surface area contributed by atoms with Gasteiger partial charge in [-0.15, -0.1) is 23.1 Å². The fourth-order valence-electron chi connectivity index (χ4n) is 2.67. The topological polar surface area (TPSA) is 88.0 Å². The highest BCUT2D eigenvalue weighted by Gasteiger charge is 2.24. The number of fused-ring (bicyclic) bond motifs is 1. The van der Waals surface area contributed by atoms with Crippen molar-refractivity contribution in [3.05, 3.63) is 40.0 Å². The zero-order chi connectivity index (χ0) is 19.8. The summed E-state index contributed by atoms with van der Waals surface area (Å²) >= 11 is 2.88. The molecular formula is C19H23N3O3S2. The molecule has 0 aliphatic carbocycles. The SMILES string of the molecule is CC(SC(C)c1nc2scc(-c3ccco3)c2c(=O)[nH]1)C(=O)NC(C)(C)C. The number of carbonyl (C=O) groups is 1. The van der Waals surface area contributed by atoms with Gasteiger partial charge in [-0.05, 0) is 46.8 Å². The molecule has 1 amide bonds. The van der Waals surface area contributed by atoms with E-state index < -0.39 is 0 Å². The summed E-state index contributed by atoms with van der Waals surface area (Å²) < 4.78 is 5.41. The highest BCUT2D eigenvalue weighted by Crippen LogP contribution is 2.34. The lowest BCUT2D eigenvalue weighted by Crippen LogP contribution is -2.44. The summed E-state index contributed by atoms with van der Waals surface area (Å²) in [4.78, 5) is 33.1. The third-order valence-corrected chi connectivity index (χ3v) is 6.04. The Labute approximate surface area is 165 Å². The third-order valence-electron chi connectivity index (χ3n) is 3.91. The summed E-state index contributed by atoms with van der Waals surface area (Å²) in [5, 5.41) is 5.00. The predicted molar refractivity (Wildman–Crippen MR) is 111 cm³/mol. The number of carbonyl (C=O) groups excluding carboxylic acids is 1. The van der Waals surface area contributed by atoms with Crippen LogP contribution in [0.2, 0.25) is 0 Å². The van der Waals surface area contributed by atoms with Crippen molar-refractivity contribution in [3.63, 3.8) is 0 Å². The molecule has 0 saturated heterocycles. The number of rotatable bonds is 5. The highest BCUT2D eigenvalue weighted by molar-refractivity contribution is 8.00. The van der Waals surface area contributed by atoms with Gasteiger partial charge in [0.2, 0.25) is 5.91 Å². The zero-order valence-corrected chi connectivity index (χ0v) is 17.6. The number of aromatic amines is 1. The first-order valence-electron chi connectivity index (χ1n) is 8.68. The number of H-pyrrole nitrogens is 1. The first-order valence-corrected chi connectivity index (χ1v) is 10.5. The molecule has 3 aromatic heterocycles. The molecule has 0 aromatic carbocycles. The van der Waals surface area contributed by atoms with E-state index in [1.807, 2.05) is 46.1 Å². The van der Waals surface area contributed by atoms with Crippen molar-refractivity contribution in [2.45, 2.75) is 50.7 Å². The third kappa shape index (κ3) is 4.44. The van der Waals surface area contributed by atoms with E-state index in [4.69, 9.17) is 4.42 Å². The second kappa shape index (κ2) is 7.52. The highest BCUT2D eigenvalue weighted by atomic mass is 32.2. The second-order valence-electron chi connectivity index (χ2n) is 7.42. The molecule has 0 saturated carbocycles. The Balaban J connectivity index is 1.83. The maximum Gasteiger partial charge on any atom is 0.260 e. The maximum absolute atomic E-state index is 12.7. The average Bonchev–Trinajstić information content (AvgIpc) is 3.21. The van der Waals surface area contributed by atoms with Gasteiger partial charge < -0.3 is 14.7 Å². The van der Waals surface area contributed by atoms with E-state index in [2.05, 4.69) is 15.3 Å². The predicted octanol–water partition coefficient (Wildman–Crippen LogP) is 4.34. The van der Waals surface area contributed by atoms with Crippen molar-refractivity contribution in [1.82, 2.24) is 15.3 Å². The largest absolute Gasteiger partial charge is 0.464 e. The van der Waals surface area contributed by atoms with Crippen LogP contribution in [0.25, 0.3) is 21.5 Å². The fraction of sp³-hybridized carbons (Fsp3) is 0.421. The summed E-state index contributed by atoms with van der Waals surface area (Å²) in [5.41, 5.74) is 0.278. The number of nitrogens with zero attached hydrogens (tertiary/aromatic N) is 1. The first-order chi connectivity index (χ1) is 12.7. The summed E-state index contributed by atoms with van der Waals surface area (Å²) in [7, 11) is 0. The van der Waals surface area contributed by atoms with Gasteiger partial charge in [-0.25, -0.2) is 4.98 Å². The Morgan fingerprint density at radius 3 is 2.74 bits per heavy atom. The quantitative estimate of drug-likeness (QED) is 0.659. The van der Waals surface area contributed by atoms with Gasteiger partial charge in [0.25, 0.3) is 5.56 Å². The minimum atomic E-state index is -0.278. The molecule has 2 N–H and O–H groups in total. The Hall–Kier alpha value is -2.06. The number of thiophene rings is 1. The van der Waals surface area contributed by atoms with E-state index >= 15 is 0 Å². The zero-order valence-electron chi connectivity index (χ0n) is 16.0. The van der Waals surface area contributed by atoms with Crippen molar-refractivity contribution < 1.29 is 9.21 Å². The Kier molecular flexibility index (Phi) is 5.48. The molecule has 0 fully saturated rings. The summed E-state index contributed by atoms with van der Waals surface area (Å²) in [6.45, 7) is 9.65. The lowest BCUT2D eigenvalue weighted by molar-refractivity contribution is -0.121. The van der Waals surface area contributed by atoms with Gasteiger partial charge in [-0.3, -0.25) is 9.59 Å². The van der Waals surface area contributed by atoms with Gasteiger partial charge in [0.05, 0.1) is 22.1 Å². The number of hydrogen-bond acceptors (Lipinski definition) is 6. The molecule has 0 aliphatic rings. The molecule has 0 bridgehead atoms. The van der Waals surface area contributed by atoms with Crippen LogP contribution in [0, 0.1) is 0 Å². The second-order valence-corrected chi connectivity index (χ2v) is 9.96. The van der Waals surface area contributed by atoms with E-state index in [0.29, 0.717) is 21.8 Å². The normalized spacial score (nSPS) is 14.3. The van der Waals surface area contributed by atoms with Crippen LogP contribution < -0.4 is 10.9 Å².